The fraction of sp³-hybridized carbons (Fsp3) is 0. The van der Waals surface area contributed by atoms with Crippen LogP contribution in [0.5, 0.6) is 10.9 Å². The van der Waals surface area contributed by atoms with Crippen LogP contribution in [0.25, 0.3) is 0 Å². The number of para-hydroxylation sites is 1. The van der Waals surface area contributed by atoms with Gasteiger partial charge in [-0.25, -0.2) is 4.98 Å². The molecule has 1 aromatic carbocycles. The number of nitrogens with zero attached hydrogens (tertiary/aromatic N) is 1. The summed E-state index contributed by atoms with van der Waals surface area (Å²) in [5.41, 5.74) is 5.51. The number of thiazole rings is 1. The van der Waals surface area contributed by atoms with Gasteiger partial charge in [0.05, 0.1) is 6.20 Å². The Labute approximate surface area is 79.8 Å². The Bertz CT molecular complexity index is 386. The first kappa shape index (κ1) is 8.07. The highest BCUT2D eigenvalue weighted by molar-refractivity contribution is 7.17. The summed E-state index contributed by atoms with van der Waals surface area (Å²) in [7, 11) is 0. The summed E-state index contributed by atoms with van der Waals surface area (Å²) in [5, 5.41) is 1.23. The Hall–Kier alpha value is -1.55. The topological polar surface area (TPSA) is 48.1 Å². The molecule has 0 aliphatic carbocycles. The third-order valence-corrected chi connectivity index (χ3v) is 2.16. The van der Waals surface area contributed by atoms with Gasteiger partial charge in [-0.15, -0.1) is 0 Å². The zero-order valence-electron chi connectivity index (χ0n) is 6.81. The van der Waals surface area contributed by atoms with Crippen molar-refractivity contribution in [2.24, 2.45) is 0 Å². The van der Waals surface area contributed by atoms with Crippen LogP contribution in [0.3, 0.4) is 0 Å². The van der Waals surface area contributed by atoms with E-state index < -0.39 is 0 Å². The van der Waals surface area contributed by atoms with Crippen molar-refractivity contribution in [3.63, 3.8) is 0 Å². The lowest BCUT2D eigenvalue weighted by atomic mass is 10.3. The van der Waals surface area contributed by atoms with Gasteiger partial charge in [-0.2, -0.15) is 0 Å². The molecule has 0 bridgehead atoms. The molecule has 3 nitrogen and oxygen atoms in total. The van der Waals surface area contributed by atoms with Crippen LogP contribution in [0.1, 0.15) is 0 Å². The van der Waals surface area contributed by atoms with Crippen LogP contribution in [-0.2, 0) is 0 Å². The van der Waals surface area contributed by atoms with Crippen molar-refractivity contribution in [2.75, 3.05) is 5.73 Å². The number of aromatic nitrogens is 1. The van der Waals surface area contributed by atoms with Crippen LogP contribution in [0, 0.1) is 0 Å². The number of nitrogens with two attached hydrogens (primary N) is 1. The van der Waals surface area contributed by atoms with Gasteiger partial charge in [-0.3, -0.25) is 0 Å². The molecule has 0 aliphatic rings. The van der Waals surface area contributed by atoms with Crippen LogP contribution in [0.4, 0.5) is 5.00 Å². The van der Waals surface area contributed by atoms with Crippen LogP contribution < -0.4 is 10.5 Å². The van der Waals surface area contributed by atoms with Gasteiger partial charge in [0.25, 0.3) is 5.19 Å². The summed E-state index contributed by atoms with van der Waals surface area (Å²) >= 11 is 1.33. The predicted octanol–water partition coefficient (Wildman–Crippen LogP) is 2.52. The minimum Gasteiger partial charge on any atom is -0.431 e. The second kappa shape index (κ2) is 3.45. The lowest BCUT2D eigenvalue weighted by molar-refractivity contribution is 0.479. The first-order valence-electron chi connectivity index (χ1n) is 3.79. The van der Waals surface area contributed by atoms with E-state index >= 15 is 0 Å². The molecule has 0 aliphatic heterocycles. The van der Waals surface area contributed by atoms with Crippen molar-refractivity contribution >= 4 is 16.3 Å². The van der Waals surface area contributed by atoms with Gasteiger partial charge >= 0.3 is 0 Å². The van der Waals surface area contributed by atoms with Crippen LogP contribution in [0.2, 0.25) is 0 Å². The zero-order valence-corrected chi connectivity index (χ0v) is 7.62. The van der Waals surface area contributed by atoms with E-state index in [9.17, 15) is 0 Å². The van der Waals surface area contributed by atoms with Crippen LogP contribution in [0.15, 0.2) is 36.5 Å². The minimum absolute atomic E-state index is 0.573. The molecule has 0 amide bonds. The maximum absolute atomic E-state index is 5.51. The van der Waals surface area contributed by atoms with Crippen molar-refractivity contribution in [1.82, 2.24) is 4.98 Å². The third kappa shape index (κ3) is 1.97. The molecular weight excluding hydrogens is 184 g/mol. The second-order valence-corrected chi connectivity index (χ2v) is 3.47. The van der Waals surface area contributed by atoms with Crippen molar-refractivity contribution in [3.8, 4) is 10.9 Å². The molecule has 13 heavy (non-hydrogen) atoms. The molecule has 4 heteroatoms. The third-order valence-electron chi connectivity index (χ3n) is 1.45. The number of hydrogen-bond donors (Lipinski definition) is 1. The van der Waals surface area contributed by atoms with E-state index in [1.165, 1.54) is 11.3 Å². The number of nitrogen functional groups attached to an aromatic ring is 1. The molecule has 0 fully saturated rings. The highest BCUT2D eigenvalue weighted by Crippen LogP contribution is 2.27. The molecule has 0 spiro atoms. The summed E-state index contributed by atoms with van der Waals surface area (Å²) in [6.07, 6.45) is 1.59. The average molecular weight is 192 g/mol. The summed E-state index contributed by atoms with van der Waals surface area (Å²) in [6.45, 7) is 0. The van der Waals surface area contributed by atoms with E-state index in [0.717, 1.165) is 5.75 Å². The molecule has 66 valence electrons. The summed E-state index contributed by atoms with van der Waals surface area (Å²) in [5.74, 6) is 0.775. The largest absolute Gasteiger partial charge is 0.431 e. The molecule has 1 heterocycles. The van der Waals surface area contributed by atoms with Crippen LogP contribution in [-0.4, -0.2) is 4.98 Å². The fourth-order valence-electron chi connectivity index (χ4n) is 0.906. The Morgan fingerprint density at radius 3 is 2.62 bits per heavy atom. The van der Waals surface area contributed by atoms with Crippen molar-refractivity contribution in [3.05, 3.63) is 36.5 Å². The quantitative estimate of drug-likeness (QED) is 0.795. The van der Waals surface area contributed by atoms with E-state index in [1.807, 2.05) is 30.3 Å². The van der Waals surface area contributed by atoms with Crippen molar-refractivity contribution < 1.29 is 4.74 Å². The highest BCUT2D eigenvalue weighted by Gasteiger charge is 2.00. The Balaban J connectivity index is 2.15. The lowest BCUT2D eigenvalue weighted by Crippen LogP contribution is -1.80. The fourth-order valence-corrected chi connectivity index (χ4v) is 1.46. The summed E-state index contributed by atoms with van der Waals surface area (Å²) in [4.78, 5) is 3.98. The van der Waals surface area contributed by atoms with E-state index in [-0.39, 0.29) is 0 Å². The Kier molecular flexibility index (Phi) is 2.14. The Morgan fingerprint density at radius 1 is 1.23 bits per heavy atom. The monoisotopic (exact) mass is 192 g/mol. The standard InChI is InChI=1S/C9H8N2OS/c10-8-6-11-9(13-8)12-7-4-2-1-3-5-7/h1-6H,10H2. The molecule has 0 atom stereocenters. The second-order valence-electron chi connectivity index (χ2n) is 2.44. The number of anilines is 1. The van der Waals surface area contributed by atoms with Gasteiger partial charge in [-0.05, 0) is 12.1 Å². The molecule has 2 N–H and O–H groups in total. The first-order valence-corrected chi connectivity index (χ1v) is 4.60. The zero-order chi connectivity index (χ0) is 9.10. The lowest BCUT2D eigenvalue weighted by Gasteiger charge is -1.98. The van der Waals surface area contributed by atoms with E-state index in [4.69, 9.17) is 10.5 Å². The first-order chi connectivity index (χ1) is 6.34. The van der Waals surface area contributed by atoms with E-state index in [0.29, 0.717) is 10.2 Å². The molecule has 0 radical (unpaired) electrons. The molecular formula is C9H8N2OS. The molecule has 2 rings (SSSR count). The molecule has 0 saturated heterocycles. The number of hydrogen-bond acceptors (Lipinski definition) is 4. The predicted molar refractivity (Wildman–Crippen MR) is 53.0 cm³/mol. The summed E-state index contributed by atoms with van der Waals surface area (Å²) in [6, 6.07) is 9.50. The smallest absolute Gasteiger partial charge is 0.280 e. The van der Waals surface area contributed by atoms with Gasteiger partial charge in [0, 0.05) is 0 Å². The average Bonchev–Trinajstić information content (AvgIpc) is 2.53. The van der Waals surface area contributed by atoms with E-state index in [2.05, 4.69) is 4.98 Å². The molecule has 1 aromatic heterocycles. The van der Waals surface area contributed by atoms with Crippen molar-refractivity contribution in [2.45, 2.75) is 0 Å². The Morgan fingerprint density at radius 2 is 2.00 bits per heavy atom. The van der Waals surface area contributed by atoms with Crippen LogP contribution >= 0.6 is 11.3 Å². The SMILES string of the molecule is Nc1cnc(Oc2ccccc2)s1. The van der Waals surface area contributed by atoms with Gasteiger partial charge in [0.2, 0.25) is 0 Å². The van der Waals surface area contributed by atoms with Gasteiger partial charge in [-0.1, -0.05) is 29.5 Å². The normalized spacial score (nSPS) is 9.85. The maximum Gasteiger partial charge on any atom is 0.280 e. The molecule has 0 unspecified atom stereocenters. The van der Waals surface area contributed by atoms with Gasteiger partial charge in [0.1, 0.15) is 10.8 Å². The molecule has 0 saturated carbocycles. The number of benzene rings is 1. The number of rotatable bonds is 2. The molecule has 2 aromatic rings. The van der Waals surface area contributed by atoms with Crippen molar-refractivity contribution in [1.29, 1.82) is 0 Å². The van der Waals surface area contributed by atoms with Gasteiger partial charge < -0.3 is 10.5 Å². The summed E-state index contributed by atoms with van der Waals surface area (Å²) < 4.78 is 5.43. The maximum atomic E-state index is 5.51. The van der Waals surface area contributed by atoms with Gasteiger partial charge in [0.15, 0.2) is 0 Å². The van der Waals surface area contributed by atoms with E-state index in [1.54, 1.807) is 6.20 Å². The number of ether oxygens (including phenoxy) is 1. The minimum atomic E-state index is 0.573. The highest BCUT2D eigenvalue weighted by atomic mass is 32.1.